The Kier molecular flexibility index (Phi) is 6.91. The Hall–Kier alpha value is -3.80. The Morgan fingerprint density at radius 1 is 0.947 bits per heavy atom. The van der Waals surface area contributed by atoms with Gasteiger partial charge in [0.2, 0.25) is 0 Å². The number of aryl methyl sites for hydroxylation is 4. The molecule has 3 aromatic heterocycles. The fraction of sp³-hybridized carbons (Fsp3) is 0.308. The maximum atomic E-state index is 13.2. The lowest BCUT2D eigenvalue weighted by Crippen LogP contribution is -2.06. The number of benzene rings is 2. The van der Waals surface area contributed by atoms with Crippen molar-refractivity contribution in [3.63, 3.8) is 0 Å². The Bertz CT molecular complexity index is 1630. The molecule has 5 aromatic rings. The molecule has 0 amide bonds. The summed E-state index contributed by atoms with van der Waals surface area (Å²) in [5, 5.41) is 10.4. The van der Waals surface area contributed by atoms with Crippen molar-refractivity contribution in [3.8, 4) is 11.5 Å². The summed E-state index contributed by atoms with van der Waals surface area (Å²) in [5.74, 6) is 1.91. The number of rotatable bonds is 8. The molecular weight excluding hydrogens is 517 g/mol. The summed E-state index contributed by atoms with van der Waals surface area (Å²) < 4.78 is 54.1. The minimum atomic E-state index is -4.41. The lowest BCUT2D eigenvalue weighted by Gasteiger charge is -2.11. The van der Waals surface area contributed by atoms with Gasteiger partial charge in [-0.05, 0) is 37.6 Å². The zero-order chi connectivity index (χ0) is 27.0. The molecule has 8 nitrogen and oxygen atoms in total. The molecule has 2 aromatic carbocycles. The highest BCUT2D eigenvalue weighted by molar-refractivity contribution is 7.98. The standard InChI is InChI=1S/C26H25F3N6O2S/c1-15-10-16(2)34(32-15)9-8-23-31-24-19-12-21(36-3)22(37-4)13-20(19)30-25(35(24)33-23)38-14-17-6-5-7-18(11-17)26(27,28)29/h5-7,10-13H,8-9,14H2,1-4H3. The van der Waals surface area contributed by atoms with E-state index in [0.29, 0.717) is 52.2 Å². The van der Waals surface area contributed by atoms with E-state index in [1.54, 1.807) is 36.9 Å². The van der Waals surface area contributed by atoms with Crippen molar-refractivity contribution in [3.05, 3.63) is 70.8 Å². The number of ether oxygens (including phenoxy) is 2. The molecule has 38 heavy (non-hydrogen) atoms. The van der Waals surface area contributed by atoms with Crippen LogP contribution in [-0.2, 0) is 24.9 Å². The Labute approximate surface area is 220 Å². The first-order valence-corrected chi connectivity index (χ1v) is 12.8. The number of hydrogen-bond acceptors (Lipinski definition) is 7. The first-order chi connectivity index (χ1) is 18.2. The Morgan fingerprint density at radius 2 is 1.71 bits per heavy atom. The van der Waals surface area contributed by atoms with Crippen LogP contribution < -0.4 is 9.47 Å². The Morgan fingerprint density at radius 3 is 2.39 bits per heavy atom. The SMILES string of the molecule is COc1cc2nc(SCc3cccc(C(F)(F)F)c3)n3nc(CCn4nc(C)cc4C)nc3c2cc1OC. The topological polar surface area (TPSA) is 79.4 Å². The van der Waals surface area contributed by atoms with Crippen LogP contribution in [0.2, 0.25) is 0 Å². The zero-order valence-electron chi connectivity index (χ0n) is 21.2. The van der Waals surface area contributed by atoms with Crippen LogP contribution in [0.5, 0.6) is 11.5 Å². The van der Waals surface area contributed by atoms with Gasteiger partial charge in [-0.15, -0.1) is 5.10 Å². The van der Waals surface area contributed by atoms with Gasteiger partial charge < -0.3 is 9.47 Å². The van der Waals surface area contributed by atoms with Crippen molar-refractivity contribution in [2.24, 2.45) is 0 Å². The monoisotopic (exact) mass is 542 g/mol. The van der Waals surface area contributed by atoms with Crippen molar-refractivity contribution in [2.45, 2.75) is 43.9 Å². The van der Waals surface area contributed by atoms with Gasteiger partial charge >= 0.3 is 6.18 Å². The van der Waals surface area contributed by atoms with Gasteiger partial charge in [0, 0.05) is 35.9 Å². The van der Waals surface area contributed by atoms with Gasteiger partial charge in [-0.2, -0.15) is 22.8 Å². The van der Waals surface area contributed by atoms with E-state index >= 15 is 0 Å². The summed E-state index contributed by atoms with van der Waals surface area (Å²) in [4.78, 5) is 9.57. The quantitative estimate of drug-likeness (QED) is 0.185. The number of alkyl halides is 3. The van der Waals surface area contributed by atoms with Crippen LogP contribution in [0.1, 0.15) is 28.3 Å². The second kappa shape index (κ2) is 10.2. The third kappa shape index (κ3) is 5.13. The van der Waals surface area contributed by atoms with Crippen LogP contribution in [-0.4, -0.2) is 43.6 Å². The summed E-state index contributed by atoms with van der Waals surface area (Å²) in [6, 6.07) is 10.9. The molecule has 0 aliphatic heterocycles. The summed E-state index contributed by atoms with van der Waals surface area (Å²) in [5.41, 5.74) is 3.01. The number of hydrogen-bond donors (Lipinski definition) is 0. The van der Waals surface area contributed by atoms with Gasteiger partial charge in [-0.1, -0.05) is 30.0 Å². The predicted molar refractivity (Wildman–Crippen MR) is 138 cm³/mol. The highest BCUT2D eigenvalue weighted by Crippen LogP contribution is 2.35. The third-order valence-corrected chi connectivity index (χ3v) is 7.06. The van der Waals surface area contributed by atoms with E-state index in [1.807, 2.05) is 24.6 Å². The summed E-state index contributed by atoms with van der Waals surface area (Å²) in [7, 11) is 3.09. The molecule has 12 heteroatoms. The van der Waals surface area contributed by atoms with Gasteiger partial charge in [0.15, 0.2) is 28.1 Å². The Balaban J connectivity index is 1.54. The fourth-order valence-corrected chi connectivity index (χ4v) is 5.13. The van der Waals surface area contributed by atoms with Crippen molar-refractivity contribution in [2.75, 3.05) is 14.2 Å². The maximum Gasteiger partial charge on any atom is 0.416 e. The molecule has 0 unspecified atom stereocenters. The van der Waals surface area contributed by atoms with Crippen LogP contribution in [0.15, 0.2) is 47.6 Å². The molecule has 0 N–H and O–H groups in total. The molecule has 0 saturated carbocycles. The van der Waals surface area contributed by atoms with E-state index in [9.17, 15) is 13.2 Å². The third-order valence-electron chi connectivity index (χ3n) is 6.06. The van der Waals surface area contributed by atoms with Crippen molar-refractivity contribution >= 4 is 28.3 Å². The molecule has 0 atom stereocenters. The molecule has 3 heterocycles. The predicted octanol–water partition coefficient (Wildman–Crippen LogP) is 5.66. The van der Waals surface area contributed by atoms with Gasteiger partial charge in [-0.25, -0.2) is 9.97 Å². The molecule has 5 rings (SSSR count). The van der Waals surface area contributed by atoms with E-state index in [0.717, 1.165) is 28.9 Å². The molecule has 0 saturated heterocycles. The number of methoxy groups -OCH3 is 2. The summed E-state index contributed by atoms with van der Waals surface area (Å²) >= 11 is 1.29. The first kappa shape index (κ1) is 25.8. The maximum absolute atomic E-state index is 13.2. The molecule has 198 valence electrons. The van der Waals surface area contributed by atoms with Crippen LogP contribution in [0.25, 0.3) is 16.6 Å². The van der Waals surface area contributed by atoms with Gasteiger partial charge in [0.05, 0.1) is 31.0 Å². The lowest BCUT2D eigenvalue weighted by atomic mass is 10.1. The fourth-order valence-electron chi connectivity index (χ4n) is 4.24. The van der Waals surface area contributed by atoms with Crippen molar-refractivity contribution < 1.29 is 22.6 Å². The summed E-state index contributed by atoms with van der Waals surface area (Å²) in [6.45, 7) is 4.54. The van der Waals surface area contributed by atoms with Gasteiger partial charge in [-0.3, -0.25) is 4.68 Å². The highest BCUT2D eigenvalue weighted by Gasteiger charge is 2.30. The van der Waals surface area contributed by atoms with E-state index in [1.165, 1.54) is 17.8 Å². The van der Waals surface area contributed by atoms with Gasteiger partial charge in [0.1, 0.15) is 0 Å². The second-order valence-corrected chi connectivity index (χ2v) is 9.71. The van der Waals surface area contributed by atoms with Crippen LogP contribution >= 0.6 is 11.8 Å². The van der Waals surface area contributed by atoms with E-state index in [-0.39, 0.29) is 5.75 Å². The highest BCUT2D eigenvalue weighted by atomic mass is 32.2. The molecule has 0 radical (unpaired) electrons. The first-order valence-electron chi connectivity index (χ1n) is 11.8. The molecule has 0 aliphatic carbocycles. The lowest BCUT2D eigenvalue weighted by molar-refractivity contribution is -0.137. The zero-order valence-corrected chi connectivity index (χ0v) is 22.0. The van der Waals surface area contributed by atoms with E-state index in [2.05, 4.69) is 5.10 Å². The van der Waals surface area contributed by atoms with Crippen LogP contribution in [0, 0.1) is 13.8 Å². The van der Waals surface area contributed by atoms with E-state index < -0.39 is 11.7 Å². The molecule has 0 bridgehead atoms. The summed E-state index contributed by atoms with van der Waals surface area (Å²) in [6.07, 6.45) is -3.87. The van der Waals surface area contributed by atoms with Crippen molar-refractivity contribution in [1.82, 2.24) is 29.4 Å². The molecule has 0 spiro atoms. The molecular formula is C26H25F3N6O2S. The average Bonchev–Trinajstić information content (AvgIpc) is 3.47. The number of thioether (sulfide) groups is 1. The number of aromatic nitrogens is 6. The second-order valence-electron chi connectivity index (χ2n) is 8.77. The minimum absolute atomic E-state index is 0.270. The molecule has 0 fully saturated rings. The van der Waals surface area contributed by atoms with Crippen LogP contribution in [0.3, 0.4) is 0 Å². The number of fused-ring (bicyclic) bond motifs is 3. The molecule has 0 aliphatic rings. The average molecular weight is 543 g/mol. The largest absolute Gasteiger partial charge is 0.493 e. The normalized spacial score (nSPS) is 12.0. The van der Waals surface area contributed by atoms with Crippen LogP contribution in [0.4, 0.5) is 13.2 Å². The number of halogens is 3. The smallest absolute Gasteiger partial charge is 0.416 e. The van der Waals surface area contributed by atoms with E-state index in [4.69, 9.17) is 24.5 Å². The minimum Gasteiger partial charge on any atom is -0.493 e. The number of nitrogens with zero attached hydrogens (tertiary/aromatic N) is 6. The van der Waals surface area contributed by atoms with Crippen molar-refractivity contribution in [1.29, 1.82) is 0 Å². The van der Waals surface area contributed by atoms with Gasteiger partial charge in [0.25, 0.3) is 0 Å².